The molecule has 0 unspecified atom stereocenters. The maximum absolute atomic E-state index is 12.6. The van der Waals surface area contributed by atoms with Gasteiger partial charge in [0.1, 0.15) is 0 Å². The third-order valence-corrected chi connectivity index (χ3v) is 7.86. The number of carbonyl (C=O) groups excluding carboxylic acids is 1. The standard InChI is InChI=1S/C21H18ClNO3S2/c1-13-2-4-14(5-3-13)8-9-23-21(24)18-10-15-12-28(25,26)19-11-16(22)6-7-17(19)20(15)27-18/h2-7,10-11H,8-9,12H2,1H3,(H,23,24). The Labute approximate surface area is 173 Å². The number of nitrogens with one attached hydrogen (secondary N) is 1. The molecule has 2 aromatic carbocycles. The van der Waals surface area contributed by atoms with Crippen LogP contribution in [-0.2, 0) is 22.0 Å². The fraction of sp³-hybridized carbons (Fsp3) is 0.190. The minimum absolute atomic E-state index is 0.108. The Kier molecular flexibility index (Phi) is 5.04. The molecule has 1 amide bonds. The Bertz CT molecular complexity index is 1160. The first kappa shape index (κ1) is 19.2. The first-order valence-electron chi connectivity index (χ1n) is 8.82. The lowest BCUT2D eigenvalue weighted by molar-refractivity contribution is 0.0958. The normalized spacial score (nSPS) is 14.2. The van der Waals surface area contributed by atoms with E-state index in [1.165, 1.54) is 23.0 Å². The summed E-state index contributed by atoms with van der Waals surface area (Å²) in [6, 6.07) is 14.8. The highest BCUT2D eigenvalue weighted by atomic mass is 35.5. The minimum Gasteiger partial charge on any atom is -0.351 e. The van der Waals surface area contributed by atoms with Crippen LogP contribution in [0.4, 0.5) is 0 Å². The fourth-order valence-electron chi connectivity index (χ4n) is 3.26. The maximum atomic E-state index is 12.6. The number of fused-ring (bicyclic) bond motifs is 3. The average Bonchev–Trinajstić information content (AvgIpc) is 3.06. The molecule has 1 N–H and O–H groups in total. The Hall–Kier alpha value is -2.15. The molecule has 1 aromatic heterocycles. The van der Waals surface area contributed by atoms with Gasteiger partial charge in [-0.05, 0) is 42.7 Å². The predicted octanol–water partition coefficient (Wildman–Crippen LogP) is 4.64. The largest absolute Gasteiger partial charge is 0.351 e. The number of aryl methyl sites for hydroxylation is 1. The van der Waals surface area contributed by atoms with Gasteiger partial charge in [0, 0.05) is 22.0 Å². The van der Waals surface area contributed by atoms with Crippen molar-refractivity contribution in [2.45, 2.75) is 24.0 Å². The van der Waals surface area contributed by atoms with E-state index in [4.69, 9.17) is 11.6 Å². The Balaban J connectivity index is 1.53. The van der Waals surface area contributed by atoms with Crippen molar-refractivity contribution >= 4 is 38.7 Å². The maximum Gasteiger partial charge on any atom is 0.261 e. The number of amides is 1. The first-order valence-corrected chi connectivity index (χ1v) is 11.7. The summed E-state index contributed by atoms with van der Waals surface area (Å²) in [5, 5.41) is 3.31. The summed E-state index contributed by atoms with van der Waals surface area (Å²) >= 11 is 7.30. The van der Waals surface area contributed by atoms with Crippen molar-refractivity contribution in [1.29, 1.82) is 0 Å². The molecule has 0 saturated carbocycles. The quantitative estimate of drug-likeness (QED) is 0.654. The number of benzene rings is 2. The van der Waals surface area contributed by atoms with E-state index >= 15 is 0 Å². The molecule has 0 fully saturated rings. The number of thiophene rings is 1. The van der Waals surface area contributed by atoms with E-state index in [1.807, 2.05) is 6.92 Å². The van der Waals surface area contributed by atoms with Gasteiger partial charge in [-0.3, -0.25) is 4.79 Å². The van der Waals surface area contributed by atoms with Crippen LogP contribution < -0.4 is 5.32 Å². The number of hydrogen-bond donors (Lipinski definition) is 1. The summed E-state index contributed by atoms with van der Waals surface area (Å²) in [4.78, 5) is 14.1. The van der Waals surface area contributed by atoms with Crippen LogP contribution in [0, 0.1) is 6.92 Å². The smallest absolute Gasteiger partial charge is 0.261 e. The van der Waals surface area contributed by atoms with E-state index in [1.54, 1.807) is 18.2 Å². The molecule has 3 aromatic rings. The lowest BCUT2D eigenvalue weighted by Crippen LogP contribution is -2.24. The molecular weight excluding hydrogens is 414 g/mol. The molecule has 1 aliphatic rings. The molecule has 0 radical (unpaired) electrons. The predicted molar refractivity (Wildman–Crippen MR) is 113 cm³/mol. The van der Waals surface area contributed by atoms with Crippen LogP contribution in [0.15, 0.2) is 53.4 Å². The summed E-state index contributed by atoms with van der Waals surface area (Å²) in [5.41, 5.74) is 3.65. The molecule has 28 heavy (non-hydrogen) atoms. The second kappa shape index (κ2) is 7.35. The van der Waals surface area contributed by atoms with Crippen LogP contribution in [0.3, 0.4) is 0 Å². The third kappa shape index (κ3) is 3.72. The zero-order valence-corrected chi connectivity index (χ0v) is 17.5. The molecule has 0 spiro atoms. The number of rotatable bonds is 4. The van der Waals surface area contributed by atoms with Crippen molar-refractivity contribution in [2.24, 2.45) is 0 Å². The zero-order valence-electron chi connectivity index (χ0n) is 15.2. The molecule has 4 nitrogen and oxygen atoms in total. The Morgan fingerprint density at radius 3 is 2.64 bits per heavy atom. The molecule has 144 valence electrons. The lowest BCUT2D eigenvalue weighted by atomic mass is 10.1. The van der Waals surface area contributed by atoms with Gasteiger partial charge in [-0.1, -0.05) is 47.5 Å². The van der Waals surface area contributed by atoms with Crippen molar-refractivity contribution in [3.05, 3.63) is 75.1 Å². The summed E-state index contributed by atoms with van der Waals surface area (Å²) in [7, 11) is -3.46. The van der Waals surface area contributed by atoms with Crippen molar-refractivity contribution < 1.29 is 13.2 Å². The summed E-state index contributed by atoms with van der Waals surface area (Å²) in [6.07, 6.45) is 0.743. The van der Waals surface area contributed by atoms with Gasteiger partial charge in [-0.25, -0.2) is 8.42 Å². The molecule has 1 aliphatic heterocycles. The number of carbonyl (C=O) groups is 1. The van der Waals surface area contributed by atoms with Gasteiger partial charge in [0.2, 0.25) is 0 Å². The lowest BCUT2D eigenvalue weighted by Gasteiger charge is -2.16. The van der Waals surface area contributed by atoms with Crippen molar-refractivity contribution in [2.75, 3.05) is 6.54 Å². The van der Waals surface area contributed by atoms with E-state index in [0.29, 0.717) is 27.6 Å². The van der Waals surface area contributed by atoms with E-state index in [2.05, 4.69) is 29.6 Å². The van der Waals surface area contributed by atoms with Gasteiger partial charge in [0.15, 0.2) is 9.84 Å². The van der Waals surface area contributed by atoms with E-state index in [9.17, 15) is 13.2 Å². The van der Waals surface area contributed by atoms with Crippen LogP contribution in [-0.4, -0.2) is 20.9 Å². The van der Waals surface area contributed by atoms with E-state index < -0.39 is 9.84 Å². The number of sulfone groups is 1. The van der Waals surface area contributed by atoms with Gasteiger partial charge in [0.25, 0.3) is 5.91 Å². The minimum atomic E-state index is -3.46. The summed E-state index contributed by atoms with van der Waals surface area (Å²) < 4.78 is 25.1. The molecule has 0 saturated heterocycles. The monoisotopic (exact) mass is 431 g/mol. The average molecular weight is 432 g/mol. The highest BCUT2D eigenvalue weighted by Crippen LogP contribution is 2.43. The van der Waals surface area contributed by atoms with Crippen LogP contribution in [0.1, 0.15) is 26.4 Å². The van der Waals surface area contributed by atoms with Crippen molar-refractivity contribution in [3.8, 4) is 10.4 Å². The highest BCUT2D eigenvalue weighted by Gasteiger charge is 2.31. The summed E-state index contributed by atoms with van der Waals surface area (Å²) in [5.74, 6) is -0.289. The van der Waals surface area contributed by atoms with Gasteiger partial charge in [-0.15, -0.1) is 11.3 Å². The number of halogens is 1. The van der Waals surface area contributed by atoms with Gasteiger partial charge in [-0.2, -0.15) is 0 Å². The van der Waals surface area contributed by atoms with Crippen molar-refractivity contribution in [3.63, 3.8) is 0 Å². The SMILES string of the molecule is Cc1ccc(CCNC(=O)c2cc3c(s2)-c2ccc(Cl)cc2S(=O)(=O)C3)cc1. The van der Waals surface area contributed by atoms with Crippen LogP contribution in [0.2, 0.25) is 5.02 Å². The zero-order chi connectivity index (χ0) is 19.9. The first-order chi connectivity index (χ1) is 13.3. The fourth-order valence-corrected chi connectivity index (χ4v) is 6.39. The summed E-state index contributed by atoms with van der Waals surface area (Å²) in [6.45, 7) is 2.56. The molecule has 2 heterocycles. The number of hydrogen-bond acceptors (Lipinski definition) is 4. The van der Waals surface area contributed by atoms with Gasteiger partial charge in [0.05, 0.1) is 15.5 Å². The Morgan fingerprint density at radius 2 is 1.89 bits per heavy atom. The van der Waals surface area contributed by atoms with Crippen LogP contribution in [0.25, 0.3) is 10.4 Å². The second-order valence-electron chi connectivity index (χ2n) is 6.86. The topological polar surface area (TPSA) is 63.2 Å². The van der Waals surface area contributed by atoms with Gasteiger partial charge < -0.3 is 5.32 Å². The molecule has 4 rings (SSSR count). The molecule has 0 bridgehead atoms. The van der Waals surface area contributed by atoms with Crippen LogP contribution in [0.5, 0.6) is 0 Å². The Morgan fingerprint density at radius 1 is 1.14 bits per heavy atom. The van der Waals surface area contributed by atoms with E-state index in [0.717, 1.165) is 16.9 Å². The van der Waals surface area contributed by atoms with E-state index in [-0.39, 0.29) is 16.6 Å². The molecule has 0 aliphatic carbocycles. The molecule has 7 heteroatoms. The third-order valence-electron chi connectivity index (χ3n) is 4.72. The van der Waals surface area contributed by atoms with Gasteiger partial charge >= 0.3 is 0 Å². The molecular formula is C21H18ClNO3S2. The second-order valence-corrected chi connectivity index (χ2v) is 10.3. The highest BCUT2D eigenvalue weighted by molar-refractivity contribution is 7.91. The molecule has 0 atom stereocenters. The van der Waals surface area contributed by atoms with Crippen LogP contribution >= 0.6 is 22.9 Å². The van der Waals surface area contributed by atoms with Crippen molar-refractivity contribution in [1.82, 2.24) is 5.32 Å².